The molecule has 2 aromatic rings. The zero-order valence-electron chi connectivity index (χ0n) is 15.6. The molecule has 0 amide bonds. The average Bonchev–Trinajstić information content (AvgIpc) is 2.68. The van der Waals surface area contributed by atoms with E-state index in [-0.39, 0.29) is 0 Å². The van der Waals surface area contributed by atoms with Gasteiger partial charge >= 0.3 is 12.1 Å². The van der Waals surface area contributed by atoms with E-state index in [4.69, 9.17) is 0 Å². The lowest BCUT2D eigenvalue weighted by molar-refractivity contribution is -0.152. The van der Waals surface area contributed by atoms with Crippen LogP contribution in [0.15, 0.2) is 54.6 Å². The highest BCUT2D eigenvalue weighted by Crippen LogP contribution is 2.37. The summed E-state index contributed by atoms with van der Waals surface area (Å²) in [4.78, 5) is 14.1. The largest absolute Gasteiger partial charge is 0.481 e. The lowest BCUT2D eigenvalue weighted by Gasteiger charge is -2.39. The van der Waals surface area contributed by atoms with E-state index in [0.717, 1.165) is 29.7 Å². The first kappa shape index (κ1) is 20.4. The number of likely N-dealkylation sites (tertiary alicyclic amines) is 1. The third-order valence-electron chi connectivity index (χ3n) is 5.69. The molecule has 1 saturated heterocycles. The first-order chi connectivity index (χ1) is 13.3. The van der Waals surface area contributed by atoms with Crippen LogP contribution < -0.4 is 0 Å². The quantitative estimate of drug-likeness (QED) is 0.753. The molecule has 1 heterocycles. The van der Waals surface area contributed by atoms with Crippen molar-refractivity contribution in [2.24, 2.45) is 5.41 Å². The van der Waals surface area contributed by atoms with Gasteiger partial charge in [0.05, 0.1) is 11.0 Å². The summed E-state index contributed by atoms with van der Waals surface area (Å²) in [6, 6.07) is 15.1. The van der Waals surface area contributed by atoms with Crippen molar-refractivity contribution in [2.45, 2.75) is 38.4 Å². The van der Waals surface area contributed by atoms with E-state index < -0.39 is 23.1 Å². The number of rotatable bonds is 6. The Bertz CT molecular complexity index is 780. The van der Waals surface area contributed by atoms with E-state index in [2.05, 4.69) is 4.90 Å². The van der Waals surface area contributed by atoms with Crippen LogP contribution in [-0.2, 0) is 23.9 Å². The molecule has 3 nitrogen and oxygen atoms in total. The Hall–Kier alpha value is -2.34. The van der Waals surface area contributed by atoms with Gasteiger partial charge in [0.2, 0.25) is 0 Å². The number of halogens is 3. The highest BCUT2D eigenvalue weighted by Gasteiger charge is 2.41. The third kappa shape index (κ3) is 4.93. The number of hydrogen-bond donors (Lipinski definition) is 1. The summed E-state index contributed by atoms with van der Waals surface area (Å²) in [5, 5.41) is 9.82. The summed E-state index contributed by atoms with van der Waals surface area (Å²) < 4.78 is 38.0. The molecule has 1 aliphatic heterocycles. The molecule has 0 atom stereocenters. The molecule has 0 spiro atoms. The molecular formula is C22H24F3NO2. The second-order valence-electron chi connectivity index (χ2n) is 7.54. The van der Waals surface area contributed by atoms with E-state index in [9.17, 15) is 23.1 Å². The standard InChI is InChI=1S/C22H24F3NO2/c23-22(24,25)19-8-6-18(7-9-19)16-26-14-12-21(13-15-26,20(27)28)11-10-17-4-2-1-3-5-17/h1-9H,10-16H2,(H,27,28). The molecule has 0 aromatic heterocycles. The average molecular weight is 391 g/mol. The zero-order valence-corrected chi connectivity index (χ0v) is 15.6. The van der Waals surface area contributed by atoms with Crippen LogP contribution in [0.1, 0.15) is 36.0 Å². The van der Waals surface area contributed by atoms with Crippen molar-refractivity contribution in [3.05, 3.63) is 71.3 Å². The van der Waals surface area contributed by atoms with Crippen LogP contribution in [0, 0.1) is 5.41 Å². The summed E-state index contributed by atoms with van der Waals surface area (Å²) in [5.74, 6) is -0.752. The van der Waals surface area contributed by atoms with Crippen LogP contribution in [-0.4, -0.2) is 29.1 Å². The Morgan fingerprint density at radius 2 is 1.57 bits per heavy atom. The number of carboxylic acid groups (broad SMARTS) is 1. The lowest BCUT2D eigenvalue weighted by Crippen LogP contribution is -2.44. The molecule has 3 rings (SSSR count). The highest BCUT2D eigenvalue weighted by atomic mass is 19.4. The molecule has 1 aliphatic rings. The molecule has 1 fully saturated rings. The van der Waals surface area contributed by atoms with Crippen LogP contribution in [0.5, 0.6) is 0 Å². The van der Waals surface area contributed by atoms with E-state index in [1.54, 1.807) is 0 Å². The number of alkyl halides is 3. The molecule has 0 aliphatic carbocycles. The predicted octanol–water partition coefficient (Wildman–Crippen LogP) is 5.01. The van der Waals surface area contributed by atoms with Gasteiger partial charge in [-0.15, -0.1) is 0 Å². The topological polar surface area (TPSA) is 40.5 Å². The number of carboxylic acids is 1. The number of nitrogens with zero attached hydrogens (tertiary/aromatic N) is 1. The molecule has 0 unspecified atom stereocenters. The van der Waals surface area contributed by atoms with E-state index in [1.807, 2.05) is 30.3 Å². The van der Waals surface area contributed by atoms with Crippen LogP contribution in [0.3, 0.4) is 0 Å². The van der Waals surface area contributed by atoms with Crippen molar-refractivity contribution in [1.82, 2.24) is 4.90 Å². The van der Waals surface area contributed by atoms with Gasteiger partial charge in [-0.25, -0.2) is 0 Å². The van der Waals surface area contributed by atoms with E-state index in [0.29, 0.717) is 38.9 Å². The molecule has 0 radical (unpaired) electrons. The third-order valence-corrected chi connectivity index (χ3v) is 5.69. The van der Waals surface area contributed by atoms with Crippen molar-refractivity contribution in [1.29, 1.82) is 0 Å². The van der Waals surface area contributed by atoms with Gasteiger partial charge in [-0.1, -0.05) is 42.5 Å². The fourth-order valence-electron chi connectivity index (χ4n) is 3.80. The van der Waals surface area contributed by atoms with Gasteiger partial charge in [-0.2, -0.15) is 13.2 Å². The number of piperidine rings is 1. The summed E-state index contributed by atoms with van der Waals surface area (Å²) >= 11 is 0. The Labute approximate surface area is 162 Å². The monoisotopic (exact) mass is 391 g/mol. The molecule has 28 heavy (non-hydrogen) atoms. The van der Waals surface area contributed by atoms with E-state index >= 15 is 0 Å². The van der Waals surface area contributed by atoms with Crippen molar-refractivity contribution in [3.8, 4) is 0 Å². The lowest BCUT2D eigenvalue weighted by atomic mass is 9.74. The van der Waals surface area contributed by atoms with Gasteiger partial charge in [0.25, 0.3) is 0 Å². The second-order valence-corrected chi connectivity index (χ2v) is 7.54. The fraction of sp³-hybridized carbons (Fsp3) is 0.409. The number of aliphatic carboxylic acids is 1. The molecule has 2 aromatic carbocycles. The number of carbonyl (C=O) groups is 1. The molecule has 0 bridgehead atoms. The smallest absolute Gasteiger partial charge is 0.416 e. The molecule has 1 N–H and O–H groups in total. The van der Waals surface area contributed by atoms with Gasteiger partial charge in [-0.05, 0) is 62.0 Å². The fourth-order valence-corrected chi connectivity index (χ4v) is 3.80. The van der Waals surface area contributed by atoms with Gasteiger partial charge in [0.15, 0.2) is 0 Å². The van der Waals surface area contributed by atoms with Gasteiger partial charge in [-0.3, -0.25) is 9.69 Å². The minimum Gasteiger partial charge on any atom is -0.481 e. The maximum atomic E-state index is 12.7. The van der Waals surface area contributed by atoms with Gasteiger partial charge < -0.3 is 5.11 Å². The molecular weight excluding hydrogens is 367 g/mol. The predicted molar refractivity (Wildman–Crippen MR) is 101 cm³/mol. The minimum absolute atomic E-state index is 0.534. The van der Waals surface area contributed by atoms with E-state index in [1.165, 1.54) is 12.1 Å². The highest BCUT2D eigenvalue weighted by molar-refractivity contribution is 5.74. The Kier molecular flexibility index (Phi) is 6.08. The van der Waals surface area contributed by atoms with Crippen molar-refractivity contribution in [2.75, 3.05) is 13.1 Å². The van der Waals surface area contributed by atoms with Gasteiger partial charge in [0.1, 0.15) is 0 Å². The summed E-state index contributed by atoms with van der Waals surface area (Å²) in [6.07, 6.45) is -1.90. The molecule has 150 valence electrons. The number of benzene rings is 2. The van der Waals surface area contributed by atoms with Crippen molar-refractivity contribution >= 4 is 5.97 Å². The Balaban J connectivity index is 1.57. The summed E-state index contributed by atoms with van der Waals surface area (Å²) in [5.41, 5.74) is 0.558. The van der Waals surface area contributed by atoms with Crippen LogP contribution in [0.4, 0.5) is 13.2 Å². The van der Waals surface area contributed by atoms with Crippen molar-refractivity contribution in [3.63, 3.8) is 0 Å². The first-order valence-corrected chi connectivity index (χ1v) is 9.44. The van der Waals surface area contributed by atoms with Gasteiger partial charge in [0, 0.05) is 6.54 Å². The first-order valence-electron chi connectivity index (χ1n) is 9.44. The maximum Gasteiger partial charge on any atom is 0.416 e. The van der Waals surface area contributed by atoms with Crippen LogP contribution >= 0.6 is 0 Å². The maximum absolute atomic E-state index is 12.7. The number of aryl methyl sites for hydroxylation is 1. The van der Waals surface area contributed by atoms with Crippen LogP contribution in [0.2, 0.25) is 0 Å². The Morgan fingerprint density at radius 1 is 0.964 bits per heavy atom. The summed E-state index contributed by atoms with van der Waals surface area (Å²) in [7, 11) is 0. The number of hydrogen-bond acceptors (Lipinski definition) is 2. The zero-order chi connectivity index (χ0) is 20.2. The molecule has 0 saturated carbocycles. The second kappa shape index (κ2) is 8.35. The SMILES string of the molecule is O=C(O)C1(CCc2ccccc2)CCN(Cc2ccc(C(F)(F)F)cc2)CC1. The molecule has 6 heteroatoms. The normalized spacial score (nSPS) is 17.4. The van der Waals surface area contributed by atoms with Crippen molar-refractivity contribution < 1.29 is 23.1 Å². The Morgan fingerprint density at radius 3 is 2.11 bits per heavy atom. The minimum atomic E-state index is -4.33. The van der Waals surface area contributed by atoms with Crippen LogP contribution in [0.25, 0.3) is 0 Å². The summed E-state index contributed by atoms with van der Waals surface area (Å²) in [6.45, 7) is 1.79.